The van der Waals surface area contributed by atoms with Gasteiger partial charge in [0.1, 0.15) is 0 Å². The van der Waals surface area contributed by atoms with Crippen LogP contribution in [0.2, 0.25) is 0 Å². The highest BCUT2D eigenvalue weighted by Crippen LogP contribution is 2.38. The highest BCUT2D eigenvalue weighted by atomic mass is 19.4. The first kappa shape index (κ1) is 14.8. The van der Waals surface area contributed by atoms with Gasteiger partial charge in [0.2, 0.25) is 6.39 Å². The highest BCUT2D eigenvalue weighted by Gasteiger charge is 2.41. The van der Waals surface area contributed by atoms with Gasteiger partial charge >= 0.3 is 6.18 Å². The molecule has 0 atom stereocenters. The lowest BCUT2D eigenvalue weighted by Crippen LogP contribution is -2.32. The molecular formula is C14H15F3N4O. The smallest absolute Gasteiger partial charge is 0.391 e. The minimum atomic E-state index is -4.09. The van der Waals surface area contributed by atoms with Crippen molar-refractivity contribution in [3.63, 3.8) is 0 Å². The van der Waals surface area contributed by atoms with Gasteiger partial charge in [-0.2, -0.15) is 13.2 Å². The Labute approximate surface area is 125 Å². The molecule has 5 nitrogen and oxygen atoms in total. The molecule has 0 radical (unpaired) electrons. The first-order chi connectivity index (χ1) is 10.5. The zero-order valence-electron chi connectivity index (χ0n) is 11.7. The van der Waals surface area contributed by atoms with Crippen LogP contribution in [0.25, 0.3) is 11.6 Å². The molecule has 0 amide bonds. The van der Waals surface area contributed by atoms with Crippen LogP contribution in [0, 0.1) is 5.92 Å². The molecule has 1 N–H and O–H groups in total. The molecular weight excluding hydrogens is 297 g/mol. The molecule has 1 aliphatic rings. The predicted molar refractivity (Wildman–Crippen MR) is 73.0 cm³/mol. The second kappa shape index (κ2) is 5.94. The molecule has 22 heavy (non-hydrogen) atoms. The van der Waals surface area contributed by atoms with Crippen molar-refractivity contribution in [1.29, 1.82) is 0 Å². The fourth-order valence-electron chi connectivity index (χ4n) is 2.75. The largest absolute Gasteiger partial charge is 0.422 e. The lowest BCUT2D eigenvalue weighted by atomic mass is 9.85. The van der Waals surface area contributed by atoms with E-state index in [2.05, 4.69) is 20.5 Å². The van der Waals surface area contributed by atoms with E-state index in [0.29, 0.717) is 24.2 Å². The Morgan fingerprint density at radius 3 is 2.59 bits per heavy atom. The normalized spacial score (nSPS) is 22.5. The summed E-state index contributed by atoms with van der Waals surface area (Å²) in [6.07, 6.45) is -0.0267. The van der Waals surface area contributed by atoms with Gasteiger partial charge in [-0.1, -0.05) is 0 Å². The van der Waals surface area contributed by atoms with Crippen LogP contribution in [0.1, 0.15) is 25.7 Å². The third-order valence-electron chi connectivity index (χ3n) is 3.92. The van der Waals surface area contributed by atoms with Crippen molar-refractivity contribution in [3.05, 3.63) is 24.7 Å². The Kier molecular flexibility index (Phi) is 4.00. The van der Waals surface area contributed by atoms with E-state index in [9.17, 15) is 13.2 Å². The second-order valence-electron chi connectivity index (χ2n) is 5.38. The van der Waals surface area contributed by atoms with Crippen LogP contribution in [0.3, 0.4) is 0 Å². The quantitative estimate of drug-likeness (QED) is 0.937. The van der Waals surface area contributed by atoms with E-state index in [1.807, 2.05) is 6.07 Å². The van der Waals surface area contributed by atoms with E-state index in [1.165, 1.54) is 6.39 Å². The predicted octanol–water partition coefficient (Wildman–Crippen LogP) is 3.66. The molecule has 1 saturated carbocycles. The number of hydrogen-bond acceptors (Lipinski definition) is 5. The first-order valence-electron chi connectivity index (χ1n) is 7.09. The second-order valence-corrected chi connectivity index (χ2v) is 5.38. The fourth-order valence-corrected chi connectivity index (χ4v) is 2.75. The maximum atomic E-state index is 12.7. The fraction of sp³-hybridized carbons (Fsp3) is 0.500. The van der Waals surface area contributed by atoms with Gasteiger partial charge in [0.25, 0.3) is 5.89 Å². The number of nitrogens with one attached hydrogen (secondary N) is 1. The third kappa shape index (κ3) is 3.20. The van der Waals surface area contributed by atoms with Gasteiger partial charge in [-0.05, 0) is 37.8 Å². The Balaban J connectivity index is 1.68. The van der Waals surface area contributed by atoms with Crippen molar-refractivity contribution in [2.45, 2.75) is 37.9 Å². The maximum absolute atomic E-state index is 12.7. The lowest BCUT2D eigenvalue weighted by molar-refractivity contribution is -0.182. The number of aromatic nitrogens is 3. The summed E-state index contributed by atoms with van der Waals surface area (Å²) in [4.78, 5) is 4.20. The lowest BCUT2D eigenvalue weighted by Gasteiger charge is -2.31. The summed E-state index contributed by atoms with van der Waals surface area (Å²) in [6.45, 7) is 0. The number of nitrogens with zero attached hydrogens (tertiary/aromatic N) is 3. The average Bonchev–Trinajstić information content (AvgIpc) is 3.01. The molecule has 2 aromatic rings. The van der Waals surface area contributed by atoms with Crippen LogP contribution >= 0.6 is 0 Å². The summed E-state index contributed by atoms with van der Waals surface area (Å²) in [5.41, 5.74) is 1.21. The zero-order chi connectivity index (χ0) is 15.6. The number of pyridine rings is 1. The maximum Gasteiger partial charge on any atom is 0.391 e. The topological polar surface area (TPSA) is 63.8 Å². The summed E-state index contributed by atoms with van der Waals surface area (Å²) < 4.78 is 43.2. The zero-order valence-corrected chi connectivity index (χ0v) is 11.7. The minimum Gasteiger partial charge on any atom is -0.422 e. The van der Waals surface area contributed by atoms with Crippen molar-refractivity contribution in [2.75, 3.05) is 5.32 Å². The molecule has 8 heteroatoms. The molecule has 2 aromatic heterocycles. The summed E-state index contributed by atoms with van der Waals surface area (Å²) in [6, 6.07) is 3.55. The average molecular weight is 312 g/mol. The number of rotatable bonds is 3. The van der Waals surface area contributed by atoms with Gasteiger partial charge in [0.15, 0.2) is 5.69 Å². The standard InChI is InChI=1S/C14H15F3N4O/c15-14(16,17)9-3-5-10(6-4-9)20-11-2-1-7-18-12(11)13-21-19-8-22-13/h1-2,7-10,20H,3-6H2. The van der Waals surface area contributed by atoms with Crippen LogP contribution < -0.4 is 5.32 Å². The van der Waals surface area contributed by atoms with Crippen molar-refractivity contribution >= 4 is 5.69 Å². The van der Waals surface area contributed by atoms with Crippen LogP contribution in [-0.4, -0.2) is 27.4 Å². The summed E-state index contributed by atoms with van der Waals surface area (Å²) in [5.74, 6) is -0.901. The van der Waals surface area contributed by atoms with Crippen LogP contribution in [0.15, 0.2) is 29.1 Å². The van der Waals surface area contributed by atoms with Crippen molar-refractivity contribution in [1.82, 2.24) is 15.2 Å². The monoisotopic (exact) mass is 312 g/mol. The Morgan fingerprint density at radius 1 is 1.18 bits per heavy atom. The van der Waals surface area contributed by atoms with Gasteiger partial charge in [-0.15, -0.1) is 10.2 Å². The molecule has 118 valence electrons. The third-order valence-corrected chi connectivity index (χ3v) is 3.92. The van der Waals surface area contributed by atoms with Crippen LogP contribution in [-0.2, 0) is 0 Å². The molecule has 0 bridgehead atoms. The van der Waals surface area contributed by atoms with E-state index >= 15 is 0 Å². The van der Waals surface area contributed by atoms with Crippen LogP contribution in [0.4, 0.5) is 18.9 Å². The van der Waals surface area contributed by atoms with Crippen LogP contribution in [0.5, 0.6) is 0 Å². The van der Waals surface area contributed by atoms with Crippen molar-refractivity contribution in [3.8, 4) is 11.6 Å². The molecule has 0 aromatic carbocycles. The highest BCUT2D eigenvalue weighted by molar-refractivity contribution is 5.68. The van der Waals surface area contributed by atoms with E-state index in [0.717, 1.165) is 0 Å². The van der Waals surface area contributed by atoms with E-state index in [4.69, 9.17) is 4.42 Å². The number of anilines is 1. The summed E-state index contributed by atoms with van der Waals surface area (Å²) >= 11 is 0. The molecule has 1 aliphatic carbocycles. The van der Waals surface area contributed by atoms with Gasteiger partial charge in [0, 0.05) is 12.2 Å². The summed E-state index contributed by atoms with van der Waals surface area (Å²) in [7, 11) is 0. The Morgan fingerprint density at radius 2 is 1.95 bits per heavy atom. The SMILES string of the molecule is FC(F)(F)C1CCC(Nc2cccnc2-c2nnco2)CC1. The van der Waals surface area contributed by atoms with Crippen molar-refractivity contribution < 1.29 is 17.6 Å². The van der Waals surface area contributed by atoms with Crippen molar-refractivity contribution in [2.24, 2.45) is 5.92 Å². The molecule has 3 rings (SSSR count). The molecule has 0 unspecified atom stereocenters. The number of alkyl halides is 3. The van der Waals surface area contributed by atoms with E-state index in [1.54, 1.807) is 12.3 Å². The first-order valence-corrected chi connectivity index (χ1v) is 7.09. The Bertz CT molecular complexity index is 607. The number of halogens is 3. The van der Waals surface area contributed by atoms with Gasteiger partial charge in [-0.25, -0.2) is 4.98 Å². The van der Waals surface area contributed by atoms with E-state index in [-0.39, 0.29) is 24.8 Å². The van der Waals surface area contributed by atoms with Gasteiger partial charge in [0.05, 0.1) is 11.6 Å². The number of hydrogen-bond donors (Lipinski definition) is 1. The molecule has 0 saturated heterocycles. The molecule has 0 aliphatic heterocycles. The Hall–Kier alpha value is -2.12. The van der Waals surface area contributed by atoms with Gasteiger partial charge < -0.3 is 9.73 Å². The van der Waals surface area contributed by atoms with E-state index < -0.39 is 12.1 Å². The summed E-state index contributed by atoms with van der Waals surface area (Å²) in [5, 5.41) is 10.7. The molecule has 0 spiro atoms. The molecule has 1 fully saturated rings. The van der Waals surface area contributed by atoms with Gasteiger partial charge in [-0.3, -0.25) is 0 Å². The molecule has 2 heterocycles. The minimum absolute atomic E-state index is 0.00975.